The minimum absolute atomic E-state index is 0.0934. The number of para-hydroxylation sites is 2. The molecule has 3 rings (SSSR count). The molecule has 0 atom stereocenters. The van der Waals surface area contributed by atoms with Crippen LogP contribution in [0.2, 0.25) is 0 Å². The first-order chi connectivity index (χ1) is 14.9. The Kier molecular flexibility index (Phi) is 6.88. The van der Waals surface area contributed by atoms with E-state index in [1.54, 1.807) is 42.5 Å². The van der Waals surface area contributed by atoms with Crippen LogP contribution in [0.3, 0.4) is 0 Å². The molecule has 9 heteroatoms. The molecule has 3 aromatic carbocycles. The molecule has 0 aliphatic rings. The second-order valence-corrected chi connectivity index (χ2v) is 7.99. The molecule has 2 amide bonds. The highest BCUT2D eigenvalue weighted by atomic mass is 32.2. The number of methoxy groups -OCH3 is 1. The first-order valence-electron chi connectivity index (χ1n) is 9.17. The predicted octanol–water partition coefficient (Wildman–Crippen LogP) is 2.83. The zero-order valence-corrected chi connectivity index (χ0v) is 17.4. The van der Waals surface area contributed by atoms with Gasteiger partial charge in [0.25, 0.3) is 21.8 Å². The number of nitrogens with one attached hydrogen (secondary N) is 2. The average Bonchev–Trinajstić information content (AvgIpc) is 2.78. The zero-order chi connectivity index (χ0) is 22.3. The summed E-state index contributed by atoms with van der Waals surface area (Å²) in [6, 6.07) is 20.6. The fraction of sp³-hybridized carbons (Fsp3) is 0.0909. The molecule has 0 aliphatic heterocycles. The van der Waals surface area contributed by atoms with Crippen molar-refractivity contribution in [2.75, 3.05) is 19.0 Å². The molecule has 0 bridgehead atoms. The van der Waals surface area contributed by atoms with Gasteiger partial charge in [-0.3, -0.25) is 9.59 Å². The van der Waals surface area contributed by atoms with Crippen molar-refractivity contribution in [2.45, 2.75) is 4.90 Å². The summed E-state index contributed by atoms with van der Waals surface area (Å²) in [5, 5.41) is 2.61. The Morgan fingerprint density at radius 2 is 1.52 bits per heavy atom. The van der Waals surface area contributed by atoms with E-state index in [9.17, 15) is 18.0 Å². The van der Waals surface area contributed by atoms with Crippen LogP contribution < -0.4 is 19.5 Å². The highest BCUT2D eigenvalue weighted by Gasteiger charge is 2.21. The SMILES string of the molecule is COc1ccccc1C(=O)NS(=O)(=O)c1ccc(NC(=O)COc2ccccc2)cc1. The number of carbonyl (C=O) groups excluding carboxylic acids is 2. The molecule has 0 heterocycles. The number of carbonyl (C=O) groups is 2. The van der Waals surface area contributed by atoms with Gasteiger partial charge in [0.15, 0.2) is 6.61 Å². The maximum Gasteiger partial charge on any atom is 0.268 e. The molecule has 31 heavy (non-hydrogen) atoms. The number of hydrogen-bond donors (Lipinski definition) is 2. The summed E-state index contributed by atoms with van der Waals surface area (Å²) < 4.78 is 37.5. The van der Waals surface area contributed by atoms with Gasteiger partial charge in [0.05, 0.1) is 17.6 Å². The fourth-order valence-corrected chi connectivity index (χ4v) is 3.61. The number of anilines is 1. The predicted molar refractivity (Wildman–Crippen MR) is 115 cm³/mol. The van der Waals surface area contributed by atoms with Gasteiger partial charge in [0.1, 0.15) is 11.5 Å². The minimum atomic E-state index is -4.12. The molecule has 2 N–H and O–H groups in total. The van der Waals surface area contributed by atoms with E-state index >= 15 is 0 Å². The quantitative estimate of drug-likeness (QED) is 0.557. The topological polar surface area (TPSA) is 111 Å². The number of ether oxygens (including phenoxy) is 2. The van der Waals surface area contributed by atoms with Gasteiger partial charge in [0, 0.05) is 5.69 Å². The minimum Gasteiger partial charge on any atom is -0.496 e. The van der Waals surface area contributed by atoms with E-state index in [0.717, 1.165) is 0 Å². The Labute approximate surface area is 179 Å². The molecule has 160 valence electrons. The third-order valence-corrected chi connectivity index (χ3v) is 5.49. The third-order valence-electron chi connectivity index (χ3n) is 4.14. The van der Waals surface area contributed by atoms with Crippen LogP contribution in [0.25, 0.3) is 0 Å². The fourth-order valence-electron chi connectivity index (χ4n) is 2.65. The van der Waals surface area contributed by atoms with Crippen molar-refractivity contribution in [3.05, 3.63) is 84.4 Å². The summed E-state index contributed by atoms with van der Waals surface area (Å²) >= 11 is 0. The third kappa shape index (κ3) is 5.83. The largest absolute Gasteiger partial charge is 0.496 e. The number of amides is 2. The Hall–Kier alpha value is -3.85. The van der Waals surface area contributed by atoms with Crippen molar-refractivity contribution in [2.24, 2.45) is 0 Å². The lowest BCUT2D eigenvalue weighted by molar-refractivity contribution is -0.118. The van der Waals surface area contributed by atoms with Crippen LogP contribution in [0.4, 0.5) is 5.69 Å². The lowest BCUT2D eigenvalue weighted by atomic mass is 10.2. The molecular weight excluding hydrogens is 420 g/mol. The lowest BCUT2D eigenvalue weighted by Gasteiger charge is -2.11. The summed E-state index contributed by atoms with van der Waals surface area (Å²) in [5.74, 6) is -0.396. The highest BCUT2D eigenvalue weighted by Crippen LogP contribution is 2.19. The molecule has 0 saturated heterocycles. The zero-order valence-electron chi connectivity index (χ0n) is 16.6. The Morgan fingerprint density at radius 3 is 2.19 bits per heavy atom. The summed E-state index contributed by atoms with van der Waals surface area (Å²) in [4.78, 5) is 24.3. The molecular formula is C22H20N2O6S. The van der Waals surface area contributed by atoms with E-state index in [4.69, 9.17) is 9.47 Å². The van der Waals surface area contributed by atoms with Crippen molar-refractivity contribution >= 4 is 27.5 Å². The van der Waals surface area contributed by atoms with E-state index in [1.165, 1.54) is 37.4 Å². The van der Waals surface area contributed by atoms with E-state index in [2.05, 4.69) is 5.32 Å². The van der Waals surface area contributed by atoms with Crippen molar-refractivity contribution < 1.29 is 27.5 Å². The van der Waals surface area contributed by atoms with Crippen LogP contribution >= 0.6 is 0 Å². The Bertz CT molecular complexity index is 1160. The van der Waals surface area contributed by atoms with Crippen LogP contribution in [0.1, 0.15) is 10.4 Å². The number of rotatable bonds is 8. The van der Waals surface area contributed by atoms with Gasteiger partial charge in [-0.2, -0.15) is 0 Å². The second kappa shape index (κ2) is 9.77. The van der Waals surface area contributed by atoms with Gasteiger partial charge in [-0.05, 0) is 48.5 Å². The van der Waals surface area contributed by atoms with E-state index in [1.807, 2.05) is 10.8 Å². The molecule has 0 aliphatic carbocycles. The van der Waals surface area contributed by atoms with E-state index < -0.39 is 21.8 Å². The van der Waals surface area contributed by atoms with Crippen molar-refractivity contribution in [1.29, 1.82) is 0 Å². The van der Waals surface area contributed by atoms with Crippen molar-refractivity contribution in [3.8, 4) is 11.5 Å². The summed E-state index contributed by atoms with van der Waals surface area (Å²) in [7, 11) is -2.73. The molecule has 0 radical (unpaired) electrons. The van der Waals surface area contributed by atoms with Gasteiger partial charge < -0.3 is 14.8 Å². The molecule has 3 aromatic rings. The number of sulfonamides is 1. The monoisotopic (exact) mass is 440 g/mol. The summed E-state index contributed by atoms with van der Waals surface area (Å²) in [6.07, 6.45) is 0. The van der Waals surface area contributed by atoms with Gasteiger partial charge in [-0.1, -0.05) is 30.3 Å². The molecule has 0 spiro atoms. The summed E-state index contributed by atoms with van der Waals surface area (Å²) in [6.45, 7) is -0.195. The van der Waals surface area contributed by atoms with Crippen molar-refractivity contribution in [3.63, 3.8) is 0 Å². The van der Waals surface area contributed by atoms with Gasteiger partial charge in [0.2, 0.25) is 0 Å². The van der Waals surface area contributed by atoms with Gasteiger partial charge >= 0.3 is 0 Å². The van der Waals surface area contributed by atoms with Crippen LogP contribution in [0, 0.1) is 0 Å². The smallest absolute Gasteiger partial charge is 0.268 e. The molecule has 0 unspecified atom stereocenters. The second-order valence-electron chi connectivity index (χ2n) is 6.31. The lowest BCUT2D eigenvalue weighted by Crippen LogP contribution is -2.30. The first kappa shape index (κ1) is 21.8. The molecule has 8 nitrogen and oxygen atoms in total. The average molecular weight is 440 g/mol. The maximum absolute atomic E-state index is 12.5. The van der Waals surface area contributed by atoms with Gasteiger partial charge in [-0.15, -0.1) is 0 Å². The number of hydrogen-bond acceptors (Lipinski definition) is 6. The van der Waals surface area contributed by atoms with Crippen LogP contribution in [-0.2, 0) is 14.8 Å². The van der Waals surface area contributed by atoms with E-state index in [-0.39, 0.29) is 22.8 Å². The van der Waals surface area contributed by atoms with Crippen LogP contribution in [0.15, 0.2) is 83.8 Å². The Morgan fingerprint density at radius 1 is 0.871 bits per heavy atom. The first-order valence-corrected chi connectivity index (χ1v) is 10.7. The number of benzene rings is 3. The van der Waals surface area contributed by atoms with Crippen LogP contribution in [0.5, 0.6) is 11.5 Å². The molecule has 0 aromatic heterocycles. The van der Waals surface area contributed by atoms with Crippen molar-refractivity contribution in [1.82, 2.24) is 4.72 Å². The molecule has 0 fully saturated rings. The van der Waals surface area contributed by atoms with E-state index in [0.29, 0.717) is 11.4 Å². The standard InChI is InChI=1S/C22H20N2O6S/c1-29-20-10-6-5-9-19(20)22(26)24-31(27,28)18-13-11-16(12-14-18)23-21(25)15-30-17-7-3-2-4-8-17/h2-14H,15H2,1H3,(H,23,25)(H,24,26). The summed E-state index contributed by atoms with van der Waals surface area (Å²) in [5.41, 5.74) is 0.479. The van der Waals surface area contributed by atoms with Gasteiger partial charge in [-0.25, -0.2) is 13.1 Å². The Balaban J connectivity index is 1.61. The van der Waals surface area contributed by atoms with Crippen LogP contribution in [-0.4, -0.2) is 33.9 Å². The normalized spacial score (nSPS) is 10.7. The molecule has 0 saturated carbocycles. The maximum atomic E-state index is 12.5. The highest BCUT2D eigenvalue weighted by molar-refractivity contribution is 7.90.